The molecule has 0 fully saturated rings. The number of ether oxygens (including phenoxy) is 5. The number of likely N-dealkylation sites (N-methyl/N-ethyl adjacent to an activating group) is 1. The fourth-order valence-corrected chi connectivity index (χ4v) is 6.37. The molecule has 0 saturated heterocycles. The van der Waals surface area contributed by atoms with Crippen LogP contribution in [0.25, 0.3) is 10.9 Å². The zero-order valence-electron chi connectivity index (χ0n) is 26.6. The molecule has 234 valence electrons. The Bertz CT molecular complexity index is 1620. The second kappa shape index (κ2) is 13.5. The van der Waals surface area contributed by atoms with Crippen molar-refractivity contribution in [3.63, 3.8) is 0 Å². The van der Waals surface area contributed by atoms with Crippen molar-refractivity contribution in [2.45, 2.75) is 31.7 Å². The summed E-state index contributed by atoms with van der Waals surface area (Å²) in [6.45, 7) is 2.16. The molecule has 0 spiro atoms. The topological polar surface area (TPSA) is 89.4 Å². The van der Waals surface area contributed by atoms with Crippen LogP contribution in [-0.4, -0.2) is 72.6 Å². The number of amides is 1. The van der Waals surface area contributed by atoms with Crippen LogP contribution in [0.1, 0.15) is 34.7 Å². The molecule has 2 atom stereocenters. The van der Waals surface area contributed by atoms with E-state index in [0.717, 1.165) is 57.4 Å². The Kier molecular flexibility index (Phi) is 9.54. The van der Waals surface area contributed by atoms with Crippen LogP contribution >= 0.6 is 0 Å². The molecule has 0 bridgehead atoms. The number of nitrogens with one attached hydrogen (secondary N) is 1. The number of methoxy groups -OCH3 is 5. The van der Waals surface area contributed by atoms with Gasteiger partial charge in [-0.3, -0.25) is 4.79 Å². The van der Waals surface area contributed by atoms with Gasteiger partial charge in [0.15, 0.2) is 23.0 Å². The van der Waals surface area contributed by atoms with E-state index in [2.05, 4.69) is 35.5 Å². The normalized spacial score (nSPS) is 17.5. The molecule has 0 radical (unpaired) electrons. The van der Waals surface area contributed by atoms with E-state index in [1.54, 1.807) is 35.5 Å². The Labute approximate surface area is 259 Å². The lowest BCUT2D eigenvalue weighted by molar-refractivity contribution is -0.940. The third kappa shape index (κ3) is 6.43. The average Bonchev–Trinajstić information content (AvgIpc) is 3.46. The van der Waals surface area contributed by atoms with E-state index in [9.17, 15) is 4.79 Å². The van der Waals surface area contributed by atoms with E-state index >= 15 is 0 Å². The van der Waals surface area contributed by atoms with Crippen LogP contribution in [0.2, 0.25) is 0 Å². The van der Waals surface area contributed by atoms with Gasteiger partial charge in [0.25, 0.3) is 0 Å². The molecule has 4 aromatic rings. The van der Waals surface area contributed by atoms with Crippen molar-refractivity contribution < 1.29 is 33.0 Å². The van der Waals surface area contributed by atoms with Crippen LogP contribution in [0.3, 0.4) is 0 Å². The summed E-state index contributed by atoms with van der Waals surface area (Å²) in [5.74, 6) is 3.70. The minimum Gasteiger partial charge on any atom is -0.663 e. The van der Waals surface area contributed by atoms with Crippen LogP contribution in [0.5, 0.6) is 28.7 Å². The molecule has 1 aliphatic heterocycles. The molecule has 3 aromatic carbocycles. The predicted molar refractivity (Wildman–Crippen MR) is 170 cm³/mol. The first kappa shape index (κ1) is 31.1. The third-order valence-corrected chi connectivity index (χ3v) is 9.00. The summed E-state index contributed by atoms with van der Waals surface area (Å²) in [5, 5.41) is 4.20. The van der Waals surface area contributed by atoms with E-state index in [0.29, 0.717) is 43.2 Å². The maximum atomic E-state index is 13.1. The Morgan fingerprint density at radius 2 is 1.61 bits per heavy atom. The molecule has 2 heterocycles. The highest BCUT2D eigenvalue weighted by molar-refractivity contribution is 5.84. The summed E-state index contributed by atoms with van der Waals surface area (Å²) in [6, 6.07) is 16.3. The number of carbonyl (C=O) groups excluding carboxylic acids is 1. The standard InChI is InChI=1S/C35H43N3O6/c1-38(16-13-35(39)36-14-11-25-22-37-29-9-8-26(40-2)20-27(25)29)15-12-24-19-33(43-5)34(44-6)21-28(24)30(38)17-23-7-10-31(41-3)32(18-23)42-4/h7-10,18-22,30H,11-17H2,1-6H3,(H,36,39). The van der Waals surface area contributed by atoms with Crippen molar-refractivity contribution in [3.8, 4) is 28.7 Å². The maximum Gasteiger partial charge on any atom is 0.225 e. The van der Waals surface area contributed by atoms with Crippen LogP contribution < -0.4 is 34.0 Å². The molecule has 1 aromatic heterocycles. The van der Waals surface area contributed by atoms with Crippen LogP contribution in [0.15, 0.2) is 54.7 Å². The molecule has 2 unspecified atom stereocenters. The molecule has 0 aliphatic carbocycles. The molecular formula is C35H43N3O6. The highest BCUT2D eigenvalue weighted by Crippen LogP contribution is 2.43. The van der Waals surface area contributed by atoms with Gasteiger partial charge in [-0.05, 0) is 59.3 Å². The Morgan fingerprint density at radius 3 is 2.34 bits per heavy atom. The van der Waals surface area contributed by atoms with Gasteiger partial charge in [-0.2, -0.15) is 6.20 Å². The van der Waals surface area contributed by atoms with E-state index in [4.69, 9.17) is 23.7 Å². The SMILES string of the molecule is COc1ccc2[n-]cc(CCNC(=O)CC[N+]3(C)CCc4cc(OC)c(OC)cc4C3Cc3ccc(OC)c(OC)c3)c2c1. The second-order valence-corrected chi connectivity index (χ2v) is 11.5. The van der Waals surface area contributed by atoms with Crippen molar-refractivity contribution in [2.75, 3.05) is 62.2 Å². The van der Waals surface area contributed by atoms with Gasteiger partial charge >= 0.3 is 0 Å². The lowest BCUT2D eigenvalue weighted by Gasteiger charge is -2.46. The van der Waals surface area contributed by atoms with Crippen LogP contribution in [0, 0.1) is 0 Å². The van der Waals surface area contributed by atoms with Crippen molar-refractivity contribution in [1.82, 2.24) is 10.3 Å². The molecule has 0 saturated carbocycles. The van der Waals surface area contributed by atoms with Gasteiger partial charge in [0.05, 0.1) is 62.1 Å². The fourth-order valence-electron chi connectivity index (χ4n) is 6.37. The lowest BCUT2D eigenvalue weighted by atomic mass is 9.86. The molecule has 9 nitrogen and oxygen atoms in total. The summed E-state index contributed by atoms with van der Waals surface area (Å²) in [6.07, 6.45) is 4.67. The van der Waals surface area contributed by atoms with Crippen molar-refractivity contribution >= 4 is 16.8 Å². The van der Waals surface area contributed by atoms with Gasteiger partial charge in [-0.1, -0.05) is 17.7 Å². The largest absolute Gasteiger partial charge is 0.663 e. The number of hydrogen-bond donors (Lipinski definition) is 1. The summed E-state index contributed by atoms with van der Waals surface area (Å²) in [7, 11) is 10.5. The lowest BCUT2D eigenvalue weighted by Crippen LogP contribution is -2.53. The molecule has 5 rings (SSSR count). The molecule has 1 amide bonds. The first-order valence-electron chi connectivity index (χ1n) is 15.0. The number of hydrogen-bond acceptors (Lipinski definition) is 6. The van der Waals surface area contributed by atoms with Crippen molar-refractivity contribution in [2.24, 2.45) is 0 Å². The Balaban J connectivity index is 1.32. The van der Waals surface area contributed by atoms with Crippen LogP contribution in [0.4, 0.5) is 0 Å². The molecule has 44 heavy (non-hydrogen) atoms. The predicted octanol–water partition coefficient (Wildman–Crippen LogP) is 4.88. The van der Waals surface area contributed by atoms with Gasteiger partial charge in [0, 0.05) is 24.9 Å². The summed E-state index contributed by atoms with van der Waals surface area (Å²) in [4.78, 5) is 17.6. The van der Waals surface area contributed by atoms with E-state index < -0.39 is 0 Å². The number of carbonyl (C=O) groups is 1. The van der Waals surface area contributed by atoms with E-state index in [1.165, 1.54) is 11.1 Å². The van der Waals surface area contributed by atoms with Gasteiger partial charge in [-0.25, -0.2) is 0 Å². The van der Waals surface area contributed by atoms with Crippen molar-refractivity contribution in [1.29, 1.82) is 0 Å². The van der Waals surface area contributed by atoms with E-state index in [1.807, 2.05) is 36.5 Å². The minimum atomic E-state index is 0.0497. The quantitative estimate of drug-likeness (QED) is 0.219. The number of benzene rings is 3. The number of quaternary nitrogens is 1. The Hall–Kier alpha value is -4.37. The zero-order chi connectivity index (χ0) is 31.3. The number of fused-ring (bicyclic) bond motifs is 2. The third-order valence-electron chi connectivity index (χ3n) is 9.00. The summed E-state index contributed by atoms with van der Waals surface area (Å²) >= 11 is 0. The maximum absolute atomic E-state index is 13.1. The zero-order valence-corrected chi connectivity index (χ0v) is 26.6. The average molecular weight is 602 g/mol. The highest BCUT2D eigenvalue weighted by atomic mass is 16.5. The van der Waals surface area contributed by atoms with Crippen LogP contribution in [-0.2, 0) is 24.1 Å². The van der Waals surface area contributed by atoms with Gasteiger partial charge in [-0.15, -0.1) is 5.52 Å². The molecule has 9 heteroatoms. The molecule has 1 N–H and O–H groups in total. The second-order valence-electron chi connectivity index (χ2n) is 11.5. The minimum absolute atomic E-state index is 0.0497. The van der Waals surface area contributed by atoms with E-state index in [-0.39, 0.29) is 11.9 Å². The summed E-state index contributed by atoms with van der Waals surface area (Å²) in [5.41, 5.74) is 5.64. The van der Waals surface area contributed by atoms with Gasteiger partial charge in [0.1, 0.15) is 11.8 Å². The number of nitrogens with zero attached hydrogens (tertiary/aromatic N) is 2. The number of aromatic nitrogens is 1. The van der Waals surface area contributed by atoms with Gasteiger partial charge in [0.2, 0.25) is 5.91 Å². The van der Waals surface area contributed by atoms with Gasteiger partial charge < -0.3 is 38.5 Å². The highest BCUT2D eigenvalue weighted by Gasteiger charge is 2.40. The first-order valence-corrected chi connectivity index (χ1v) is 15.0. The monoisotopic (exact) mass is 601 g/mol. The summed E-state index contributed by atoms with van der Waals surface area (Å²) < 4.78 is 28.5. The first-order chi connectivity index (χ1) is 21.3. The molecule has 1 aliphatic rings. The number of rotatable bonds is 13. The smallest absolute Gasteiger partial charge is 0.225 e. The Morgan fingerprint density at radius 1 is 0.886 bits per heavy atom. The fraction of sp³-hybridized carbons (Fsp3) is 0.400. The van der Waals surface area contributed by atoms with Crippen molar-refractivity contribution in [3.05, 3.63) is 77.0 Å². The molecular weight excluding hydrogens is 558 g/mol.